The summed E-state index contributed by atoms with van der Waals surface area (Å²) < 4.78 is 1.92. The lowest BCUT2D eigenvalue weighted by Gasteiger charge is -2.27. The Morgan fingerprint density at radius 1 is 1.13 bits per heavy atom. The van der Waals surface area contributed by atoms with Crippen molar-refractivity contribution in [2.75, 3.05) is 0 Å². The quantitative estimate of drug-likeness (QED) is 0.678. The smallest absolute Gasteiger partial charge is 0.257 e. The summed E-state index contributed by atoms with van der Waals surface area (Å²) in [5.74, 6) is 0.883. The average Bonchev–Trinajstić information content (AvgIpc) is 3.33. The monoisotopic (exact) mass is 409 g/mol. The molecule has 1 saturated carbocycles. The molecule has 3 aromatic rings. The minimum absolute atomic E-state index is 0.0142. The summed E-state index contributed by atoms with van der Waals surface area (Å²) in [5.41, 5.74) is 3.94. The summed E-state index contributed by atoms with van der Waals surface area (Å²) in [6.07, 6.45) is 4.89. The Kier molecular flexibility index (Phi) is 5.49. The number of quaternary nitrogens is 1. The van der Waals surface area contributed by atoms with Gasteiger partial charge < -0.3 is 9.88 Å². The second-order valence-corrected chi connectivity index (χ2v) is 9.84. The van der Waals surface area contributed by atoms with Crippen LogP contribution in [-0.2, 0) is 18.6 Å². The number of pyridine rings is 1. The largest absolute Gasteiger partial charge is 0.322 e. The van der Waals surface area contributed by atoms with E-state index in [4.69, 9.17) is 0 Å². The number of benzene rings is 1. The highest BCUT2D eigenvalue weighted by Gasteiger charge is 2.30. The zero-order chi connectivity index (χ0) is 21.5. The molecule has 0 radical (unpaired) electrons. The average molecular weight is 410 g/mol. The van der Waals surface area contributed by atoms with Crippen molar-refractivity contribution in [3.63, 3.8) is 0 Å². The Hall–Kier alpha value is -2.54. The molecule has 30 heavy (non-hydrogen) atoms. The zero-order valence-electron chi connectivity index (χ0n) is 18.7. The summed E-state index contributed by atoms with van der Waals surface area (Å²) in [6.45, 7) is 11.9. The number of aryl methyl sites for hydroxylation is 2. The van der Waals surface area contributed by atoms with Gasteiger partial charge in [0, 0.05) is 0 Å². The molecule has 2 N–H and O–H groups in total. The van der Waals surface area contributed by atoms with Crippen LogP contribution in [0.5, 0.6) is 0 Å². The van der Waals surface area contributed by atoms with E-state index in [1.807, 2.05) is 11.6 Å². The number of nitrogens with zero attached hydrogens (tertiary/aromatic N) is 4. The molecule has 0 aliphatic heterocycles. The maximum atomic E-state index is 12.9. The molecule has 4 rings (SSSR count). The molecule has 1 unspecified atom stereocenters. The minimum atomic E-state index is -0.172. The van der Waals surface area contributed by atoms with Crippen LogP contribution in [0, 0.1) is 13.8 Å². The van der Waals surface area contributed by atoms with Gasteiger partial charge >= 0.3 is 0 Å². The maximum Gasteiger partial charge on any atom is 0.257 e. The van der Waals surface area contributed by atoms with Crippen molar-refractivity contribution < 1.29 is 4.90 Å². The van der Waals surface area contributed by atoms with Gasteiger partial charge in [0.25, 0.3) is 5.56 Å². The molecule has 1 atom stereocenters. The number of tetrazole rings is 1. The molecule has 0 saturated heterocycles. The van der Waals surface area contributed by atoms with Crippen LogP contribution in [0.15, 0.2) is 23.0 Å². The third kappa shape index (κ3) is 4.17. The number of nitrogens with one attached hydrogen (secondary N) is 2. The van der Waals surface area contributed by atoms with Crippen LogP contribution in [0.3, 0.4) is 0 Å². The molecule has 7 nitrogen and oxygen atoms in total. The van der Waals surface area contributed by atoms with Crippen molar-refractivity contribution in [3.05, 3.63) is 51.1 Å². The van der Waals surface area contributed by atoms with Gasteiger partial charge in [-0.2, -0.15) is 0 Å². The first kappa shape index (κ1) is 20.7. The first-order valence-corrected chi connectivity index (χ1v) is 11.0. The molecule has 1 aliphatic carbocycles. The lowest BCUT2D eigenvalue weighted by Crippen LogP contribution is -3.13. The highest BCUT2D eigenvalue weighted by molar-refractivity contribution is 5.82. The fraction of sp³-hybridized carbons (Fsp3) is 0.565. The van der Waals surface area contributed by atoms with Gasteiger partial charge in [0.1, 0.15) is 13.1 Å². The van der Waals surface area contributed by atoms with Gasteiger partial charge in [-0.15, -0.1) is 5.10 Å². The van der Waals surface area contributed by atoms with E-state index in [0.29, 0.717) is 12.6 Å². The van der Waals surface area contributed by atoms with E-state index in [1.54, 1.807) is 0 Å². The van der Waals surface area contributed by atoms with Crippen LogP contribution in [0.1, 0.15) is 69.0 Å². The third-order valence-electron chi connectivity index (χ3n) is 6.27. The SMILES string of the molecule is Cc1cc(C)c2[nH]c(=O)c(C[NH+](Cc3nnnn3C(C)(C)C)C3CCCC3)cc2c1. The number of rotatable bonds is 5. The summed E-state index contributed by atoms with van der Waals surface area (Å²) in [5, 5.41) is 13.6. The number of hydrogen-bond acceptors (Lipinski definition) is 4. The molecule has 1 aromatic carbocycles. The topological polar surface area (TPSA) is 80.9 Å². The van der Waals surface area contributed by atoms with Crippen molar-refractivity contribution in [2.45, 2.75) is 85.0 Å². The number of H-pyrrole nitrogens is 1. The maximum absolute atomic E-state index is 12.9. The van der Waals surface area contributed by atoms with E-state index in [1.165, 1.54) is 36.1 Å². The number of aromatic amines is 1. The fourth-order valence-corrected chi connectivity index (χ4v) is 4.83. The molecule has 1 aliphatic rings. The molecule has 7 heteroatoms. The zero-order valence-corrected chi connectivity index (χ0v) is 18.7. The van der Waals surface area contributed by atoms with E-state index >= 15 is 0 Å². The van der Waals surface area contributed by atoms with E-state index in [0.717, 1.165) is 34.4 Å². The predicted molar refractivity (Wildman–Crippen MR) is 117 cm³/mol. The van der Waals surface area contributed by atoms with E-state index in [2.05, 4.69) is 66.4 Å². The van der Waals surface area contributed by atoms with Gasteiger partial charge in [-0.3, -0.25) is 4.79 Å². The Balaban J connectivity index is 1.69. The molecular formula is C23H33N6O+. The second kappa shape index (κ2) is 7.95. The first-order valence-electron chi connectivity index (χ1n) is 11.0. The molecule has 0 bridgehead atoms. The van der Waals surface area contributed by atoms with Crippen molar-refractivity contribution in [2.24, 2.45) is 0 Å². The Labute approximate surface area is 177 Å². The first-order chi connectivity index (χ1) is 14.2. The van der Waals surface area contributed by atoms with Crippen molar-refractivity contribution in [1.29, 1.82) is 0 Å². The molecule has 2 aromatic heterocycles. The van der Waals surface area contributed by atoms with Crippen molar-refractivity contribution >= 4 is 10.9 Å². The normalized spacial score (nSPS) is 16.4. The van der Waals surface area contributed by atoms with Gasteiger partial charge in [-0.05, 0) is 93.8 Å². The van der Waals surface area contributed by atoms with Crippen LogP contribution < -0.4 is 10.5 Å². The molecular weight excluding hydrogens is 376 g/mol. The lowest BCUT2D eigenvalue weighted by atomic mass is 10.0. The molecule has 0 spiro atoms. The van der Waals surface area contributed by atoms with Crippen LogP contribution in [0.25, 0.3) is 10.9 Å². The number of hydrogen-bond donors (Lipinski definition) is 2. The van der Waals surface area contributed by atoms with Gasteiger partial charge in [0.2, 0.25) is 5.82 Å². The standard InChI is InChI=1S/C23H32N6O/c1-15-10-16(2)21-17(11-15)12-18(22(30)24-21)13-28(19-8-6-7-9-19)14-20-25-26-27-29(20)23(3,4)5/h10-12,19H,6-9,13-14H2,1-5H3,(H,24,30)/p+1. The number of fused-ring (bicyclic) bond motifs is 1. The summed E-state index contributed by atoms with van der Waals surface area (Å²) in [7, 11) is 0. The second-order valence-electron chi connectivity index (χ2n) is 9.84. The summed E-state index contributed by atoms with van der Waals surface area (Å²) in [6, 6.07) is 6.87. The van der Waals surface area contributed by atoms with Gasteiger partial charge in [0.15, 0.2) is 0 Å². The molecule has 0 amide bonds. The summed E-state index contributed by atoms with van der Waals surface area (Å²) >= 11 is 0. The Morgan fingerprint density at radius 2 is 1.87 bits per heavy atom. The van der Waals surface area contributed by atoms with Gasteiger partial charge in [-0.1, -0.05) is 11.6 Å². The van der Waals surface area contributed by atoms with E-state index in [-0.39, 0.29) is 11.1 Å². The van der Waals surface area contributed by atoms with Crippen LogP contribution in [0.2, 0.25) is 0 Å². The Bertz CT molecular complexity index is 1100. The highest BCUT2D eigenvalue weighted by atomic mass is 16.1. The summed E-state index contributed by atoms with van der Waals surface area (Å²) in [4.78, 5) is 17.4. The van der Waals surface area contributed by atoms with E-state index in [9.17, 15) is 4.79 Å². The van der Waals surface area contributed by atoms with Crippen LogP contribution in [-0.4, -0.2) is 31.2 Å². The van der Waals surface area contributed by atoms with Crippen molar-refractivity contribution in [3.8, 4) is 0 Å². The highest BCUT2D eigenvalue weighted by Crippen LogP contribution is 2.19. The minimum Gasteiger partial charge on any atom is -0.322 e. The molecule has 1 fully saturated rings. The van der Waals surface area contributed by atoms with Gasteiger partial charge in [0.05, 0.1) is 22.7 Å². The third-order valence-corrected chi connectivity index (χ3v) is 6.27. The predicted octanol–water partition coefficient (Wildman–Crippen LogP) is 2.41. The van der Waals surface area contributed by atoms with Crippen LogP contribution in [0.4, 0.5) is 0 Å². The fourth-order valence-electron chi connectivity index (χ4n) is 4.83. The molecule has 2 heterocycles. The van der Waals surface area contributed by atoms with Crippen LogP contribution >= 0.6 is 0 Å². The Morgan fingerprint density at radius 3 is 2.57 bits per heavy atom. The van der Waals surface area contributed by atoms with Crippen molar-refractivity contribution in [1.82, 2.24) is 25.2 Å². The van der Waals surface area contributed by atoms with E-state index < -0.39 is 0 Å². The lowest BCUT2D eigenvalue weighted by molar-refractivity contribution is -0.952. The number of aromatic nitrogens is 5. The van der Waals surface area contributed by atoms with Gasteiger partial charge in [-0.25, -0.2) is 4.68 Å². The molecule has 160 valence electrons.